The second kappa shape index (κ2) is 4.31. The van der Waals surface area contributed by atoms with Crippen molar-refractivity contribution < 1.29 is 9.59 Å². The fourth-order valence-electron chi connectivity index (χ4n) is 4.88. The average Bonchev–Trinajstić information content (AvgIpc) is 2.77. The van der Waals surface area contributed by atoms with Crippen molar-refractivity contribution in [1.82, 2.24) is 5.32 Å². The summed E-state index contributed by atoms with van der Waals surface area (Å²) in [6.07, 6.45) is 3.78. The topological polar surface area (TPSA) is 58.5 Å². The molecule has 5 heteroatoms. The van der Waals surface area contributed by atoms with Crippen molar-refractivity contribution in [3.63, 3.8) is 0 Å². The minimum atomic E-state index is -0.648. The van der Waals surface area contributed by atoms with Crippen LogP contribution < -0.4 is 5.32 Å². The Morgan fingerprint density at radius 2 is 2.09 bits per heavy atom. The Kier molecular flexibility index (Phi) is 2.78. The molecule has 0 spiro atoms. The van der Waals surface area contributed by atoms with E-state index >= 15 is 0 Å². The molecule has 3 heterocycles. The van der Waals surface area contributed by atoms with Gasteiger partial charge in [0.1, 0.15) is 5.16 Å². The van der Waals surface area contributed by atoms with Crippen LogP contribution in [0.4, 0.5) is 0 Å². The molecule has 0 radical (unpaired) electrons. The monoisotopic (exact) mass is 318 g/mol. The van der Waals surface area contributed by atoms with Crippen molar-refractivity contribution in [2.75, 3.05) is 0 Å². The number of carbonyl (C=O) groups excluding carboxylic acids is 2. The van der Waals surface area contributed by atoms with Crippen LogP contribution in [0.5, 0.6) is 0 Å². The molecular formula is C17H19ClN2O2. The molecule has 1 amide bonds. The first-order valence-electron chi connectivity index (χ1n) is 7.90. The molecule has 1 aliphatic carbocycles. The van der Waals surface area contributed by atoms with Gasteiger partial charge in [-0.1, -0.05) is 32.4 Å². The molecule has 0 fully saturated rings. The fourth-order valence-corrected chi connectivity index (χ4v) is 5.19. The minimum Gasteiger partial charge on any atom is -0.310 e. The number of nitrogens with zero attached hydrogens (tertiary/aromatic N) is 1. The van der Waals surface area contributed by atoms with Crippen LogP contribution in [-0.4, -0.2) is 23.4 Å². The second-order valence-electron chi connectivity index (χ2n) is 7.21. The number of aliphatic imine (C=N–C) groups is 1. The summed E-state index contributed by atoms with van der Waals surface area (Å²) in [5, 5.41) is 2.76. The lowest BCUT2D eigenvalue weighted by Gasteiger charge is -2.45. The van der Waals surface area contributed by atoms with Crippen LogP contribution in [0, 0.1) is 23.2 Å². The zero-order valence-electron chi connectivity index (χ0n) is 12.9. The molecule has 0 saturated carbocycles. The lowest BCUT2D eigenvalue weighted by Crippen LogP contribution is -2.46. The van der Waals surface area contributed by atoms with E-state index in [1.807, 2.05) is 6.08 Å². The molecule has 22 heavy (non-hydrogen) atoms. The van der Waals surface area contributed by atoms with Crippen molar-refractivity contribution in [3.8, 4) is 0 Å². The maximum absolute atomic E-state index is 12.7. The van der Waals surface area contributed by atoms with Gasteiger partial charge in [-0.2, -0.15) is 0 Å². The standard InChI is InChI=1S/C17H19ClN2O2/c1-7-9-4-5-10-12-14(9)20-13(7)8(2)17(10,3)6-11(18)19-16(22)15(12)21/h6-9,13H,4-5H2,1-3H3,(H,19,22). The first kappa shape index (κ1) is 14.2. The Balaban J connectivity index is 2.05. The molecule has 0 aromatic carbocycles. The Morgan fingerprint density at radius 3 is 2.82 bits per heavy atom. The summed E-state index contributed by atoms with van der Waals surface area (Å²) >= 11 is 6.20. The lowest BCUT2D eigenvalue weighted by molar-refractivity contribution is -0.135. The van der Waals surface area contributed by atoms with Crippen LogP contribution in [0.3, 0.4) is 0 Å². The quantitative estimate of drug-likeness (QED) is 0.551. The number of halogens is 1. The maximum Gasteiger partial charge on any atom is 0.297 e. The van der Waals surface area contributed by atoms with E-state index in [0.29, 0.717) is 17.4 Å². The summed E-state index contributed by atoms with van der Waals surface area (Å²) in [5.74, 6) is -0.162. The zero-order chi connectivity index (χ0) is 15.8. The molecule has 5 atom stereocenters. The van der Waals surface area contributed by atoms with E-state index in [1.54, 1.807) is 0 Å². The largest absolute Gasteiger partial charge is 0.310 e. The van der Waals surface area contributed by atoms with Crippen molar-refractivity contribution in [2.45, 2.75) is 39.7 Å². The van der Waals surface area contributed by atoms with E-state index in [2.05, 4.69) is 26.1 Å². The SMILES string of the molecule is CC1C2CCC3=C4C(=O)C(=O)NC(Cl)=CC3(C)C(C)C1N=C42. The Bertz CT molecular complexity index is 705. The van der Waals surface area contributed by atoms with Gasteiger partial charge in [0.25, 0.3) is 11.7 Å². The highest BCUT2D eigenvalue weighted by Crippen LogP contribution is 2.56. The number of allylic oxidation sites excluding steroid dienone is 2. The zero-order valence-corrected chi connectivity index (χ0v) is 13.7. The van der Waals surface area contributed by atoms with Crippen LogP contribution >= 0.6 is 11.6 Å². The van der Waals surface area contributed by atoms with E-state index in [4.69, 9.17) is 16.6 Å². The molecule has 3 aliphatic heterocycles. The van der Waals surface area contributed by atoms with Gasteiger partial charge in [-0.05, 0) is 36.3 Å². The average molecular weight is 319 g/mol. The summed E-state index contributed by atoms with van der Waals surface area (Å²) in [7, 11) is 0. The number of hydrogen-bond acceptors (Lipinski definition) is 3. The van der Waals surface area contributed by atoms with Crippen LogP contribution in [0.2, 0.25) is 0 Å². The molecule has 0 aromatic heterocycles. The highest BCUT2D eigenvalue weighted by molar-refractivity contribution is 6.51. The number of Topliss-reactive ketones (excluding diaryl/α,β-unsaturated/α-hetero) is 1. The fraction of sp³-hybridized carbons (Fsp3) is 0.588. The highest BCUT2D eigenvalue weighted by atomic mass is 35.5. The van der Waals surface area contributed by atoms with Crippen molar-refractivity contribution >= 4 is 29.0 Å². The van der Waals surface area contributed by atoms with Gasteiger partial charge in [0.2, 0.25) is 0 Å². The molecular weight excluding hydrogens is 300 g/mol. The number of ketones is 1. The van der Waals surface area contributed by atoms with Crippen molar-refractivity contribution in [2.24, 2.45) is 28.2 Å². The summed E-state index contributed by atoms with van der Waals surface area (Å²) in [4.78, 5) is 29.7. The molecule has 4 rings (SSSR count). The van der Waals surface area contributed by atoms with E-state index in [-0.39, 0.29) is 22.5 Å². The van der Waals surface area contributed by atoms with E-state index in [1.165, 1.54) is 0 Å². The Labute approximate surface area is 134 Å². The molecule has 1 N–H and O–H groups in total. The summed E-state index contributed by atoms with van der Waals surface area (Å²) in [5.41, 5.74) is 2.17. The predicted octanol–water partition coefficient (Wildman–Crippen LogP) is 2.59. The highest BCUT2D eigenvalue weighted by Gasteiger charge is 2.55. The van der Waals surface area contributed by atoms with Crippen LogP contribution in [0.1, 0.15) is 33.6 Å². The summed E-state index contributed by atoms with van der Waals surface area (Å²) in [6, 6.07) is 0.180. The number of amides is 1. The van der Waals surface area contributed by atoms with Crippen LogP contribution in [0.15, 0.2) is 27.4 Å². The third-order valence-corrected chi connectivity index (χ3v) is 6.48. The number of nitrogens with one attached hydrogen (secondary N) is 1. The van der Waals surface area contributed by atoms with Gasteiger partial charge >= 0.3 is 0 Å². The Hall–Kier alpha value is -1.42. The van der Waals surface area contributed by atoms with Crippen molar-refractivity contribution in [3.05, 3.63) is 22.4 Å². The molecule has 4 nitrogen and oxygen atoms in total. The second-order valence-corrected chi connectivity index (χ2v) is 7.62. The lowest BCUT2D eigenvalue weighted by atomic mass is 9.58. The van der Waals surface area contributed by atoms with Gasteiger partial charge in [0.05, 0.1) is 6.04 Å². The molecule has 116 valence electrons. The van der Waals surface area contributed by atoms with Gasteiger partial charge in [-0.15, -0.1) is 0 Å². The van der Waals surface area contributed by atoms with E-state index in [9.17, 15) is 9.59 Å². The third kappa shape index (κ3) is 1.56. The minimum absolute atomic E-state index is 0.180. The van der Waals surface area contributed by atoms with Crippen molar-refractivity contribution in [1.29, 1.82) is 0 Å². The maximum atomic E-state index is 12.7. The number of rotatable bonds is 0. The Morgan fingerprint density at radius 1 is 1.36 bits per heavy atom. The molecule has 0 saturated heterocycles. The van der Waals surface area contributed by atoms with Gasteiger partial charge in [0, 0.05) is 22.6 Å². The van der Waals surface area contributed by atoms with Gasteiger partial charge in [0.15, 0.2) is 0 Å². The normalized spacial score (nSPS) is 43.3. The summed E-state index contributed by atoms with van der Waals surface area (Å²) < 4.78 is 0. The van der Waals surface area contributed by atoms with Gasteiger partial charge in [-0.3, -0.25) is 14.6 Å². The van der Waals surface area contributed by atoms with E-state index in [0.717, 1.165) is 24.1 Å². The first-order valence-corrected chi connectivity index (χ1v) is 8.28. The smallest absolute Gasteiger partial charge is 0.297 e. The molecule has 0 aromatic rings. The predicted molar refractivity (Wildman–Crippen MR) is 84.5 cm³/mol. The first-order chi connectivity index (χ1) is 10.3. The number of carbonyl (C=O) groups is 2. The van der Waals surface area contributed by atoms with Crippen LogP contribution in [-0.2, 0) is 9.59 Å². The van der Waals surface area contributed by atoms with Gasteiger partial charge in [-0.25, -0.2) is 0 Å². The van der Waals surface area contributed by atoms with E-state index < -0.39 is 11.7 Å². The molecule has 4 aliphatic rings. The third-order valence-electron chi connectivity index (χ3n) is 6.28. The number of hydrogen-bond donors (Lipinski definition) is 1. The van der Waals surface area contributed by atoms with Crippen LogP contribution in [0.25, 0.3) is 0 Å². The summed E-state index contributed by atoms with van der Waals surface area (Å²) in [6.45, 7) is 6.54. The molecule has 5 bridgehead atoms. The number of fused-ring (bicyclic) bond motifs is 1. The molecule has 5 unspecified atom stereocenters. The van der Waals surface area contributed by atoms with Gasteiger partial charge < -0.3 is 5.32 Å².